The molecule has 170 valence electrons. The molecule has 6 rings (SSSR count). The highest BCUT2D eigenvalue weighted by molar-refractivity contribution is 7.15. The second-order valence-corrected chi connectivity index (χ2v) is 9.71. The summed E-state index contributed by atoms with van der Waals surface area (Å²) in [4.78, 5) is 33.2. The number of imide groups is 1. The van der Waals surface area contributed by atoms with Crippen LogP contribution in [0.5, 0.6) is 0 Å². The number of piperazine rings is 1. The summed E-state index contributed by atoms with van der Waals surface area (Å²) in [6.45, 7) is 5.13. The van der Waals surface area contributed by atoms with E-state index in [1.807, 2.05) is 6.07 Å². The second kappa shape index (κ2) is 8.25. The Bertz CT molecular complexity index is 1270. The minimum Gasteiger partial charge on any atom is -0.367 e. The molecule has 2 saturated heterocycles. The number of amides is 3. The molecule has 11 heteroatoms. The largest absolute Gasteiger partial charge is 0.367 e. The topological polar surface area (TPSA) is 116 Å². The monoisotopic (exact) mass is 464 g/mol. The van der Waals surface area contributed by atoms with Crippen LogP contribution < -0.4 is 21.3 Å². The first-order valence-corrected chi connectivity index (χ1v) is 12.0. The average molecular weight is 465 g/mol. The van der Waals surface area contributed by atoms with E-state index in [1.54, 1.807) is 28.1 Å². The van der Waals surface area contributed by atoms with Crippen LogP contribution >= 0.6 is 11.3 Å². The number of hydrogen-bond acceptors (Lipinski definition) is 8. The summed E-state index contributed by atoms with van der Waals surface area (Å²) in [5.41, 5.74) is 2.35. The van der Waals surface area contributed by atoms with Gasteiger partial charge < -0.3 is 16.0 Å². The molecular weight excluding hydrogens is 440 g/mol. The summed E-state index contributed by atoms with van der Waals surface area (Å²) in [5, 5.41) is 16.2. The lowest BCUT2D eigenvalue weighted by molar-refractivity contribution is -0.115. The second-order valence-electron chi connectivity index (χ2n) is 8.54. The number of carbonyl (C=O) groups is 2. The number of aromatic nitrogens is 3. The molecule has 0 bridgehead atoms. The summed E-state index contributed by atoms with van der Waals surface area (Å²) in [7, 11) is 0. The van der Waals surface area contributed by atoms with E-state index in [-0.39, 0.29) is 5.70 Å². The predicted molar refractivity (Wildman–Crippen MR) is 126 cm³/mol. The Balaban J connectivity index is 1.36. The molecule has 5 heterocycles. The summed E-state index contributed by atoms with van der Waals surface area (Å²) < 4.78 is 1.76. The minimum atomic E-state index is -0.525. The molecule has 0 aromatic carbocycles. The van der Waals surface area contributed by atoms with Crippen molar-refractivity contribution in [2.24, 2.45) is 0 Å². The molecule has 3 aliphatic rings. The number of nitrogens with one attached hydrogen (secondary N) is 4. The Morgan fingerprint density at radius 3 is 2.79 bits per heavy atom. The molecule has 0 radical (unpaired) electrons. The number of anilines is 1. The first-order chi connectivity index (χ1) is 16.1. The molecule has 1 saturated carbocycles. The smallest absolute Gasteiger partial charge is 0.326 e. The lowest BCUT2D eigenvalue weighted by Gasteiger charge is -2.26. The Morgan fingerprint density at radius 1 is 1.18 bits per heavy atom. The Hall–Kier alpha value is -3.28. The fraction of sp³-hybridized carbons (Fsp3) is 0.364. The Kier molecular flexibility index (Phi) is 5.08. The van der Waals surface area contributed by atoms with Crippen molar-refractivity contribution in [2.45, 2.75) is 25.4 Å². The lowest BCUT2D eigenvalue weighted by atomic mass is 10.2. The predicted octanol–water partition coefficient (Wildman–Crippen LogP) is 1.62. The minimum absolute atomic E-state index is 0.188. The molecule has 33 heavy (non-hydrogen) atoms. The van der Waals surface area contributed by atoms with Crippen molar-refractivity contribution in [3.8, 4) is 10.6 Å². The van der Waals surface area contributed by atoms with Gasteiger partial charge >= 0.3 is 6.03 Å². The van der Waals surface area contributed by atoms with E-state index in [0.29, 0.717) is 17.3 Å². The number of carbonyl (C=O) groups excluding carboxylic acids is 2. The van der Waals surface area contributed by atoms with E-state index in [9.17, 15) is 9.59 Å². The first kappa shape index (κ1) is 20.3. The van der Waals surface area contributed by atoms with Crippen molar-refractivity contribution in [2.75, 3.05) is 31.5 Å². The molecule has 3 amide bonds. The molecule has 4 N–H and O–H groups in total. The maximum Gasteiger partial charge on any atom is 0.326 e. The third-order valence-corrected chi connectivity index (χ3v) is 7.04. The van der Waals surface area contributed by atoms with E-state index < -0.39 is 11.9 Å². The highest BCUT2D eigenvalue weighted by atomic mass is 32.1. The van der Waals surface area contributed by atoms with Crippen LogP contribution in [0, 0.1) is 0 Å². The maximum absolute atomic E-state index is 12.0. The molecule has 2 aliphatic heterocycles. The molecule has 3 aromatic heterocycles. The zero-order valence-electron chi connectivity index (χ0n) is 17.9. The standard InChI is InChI=1S/C22H24N8O2S/c31-21-17(27-22(32)28-21)9-13-11-24-30-19(25-14-1-2-14)10-16(26-20(13)30)18-4-3-15(33-18)12-29-7-5-23-6-8-29/h3-4,9-11,14,23,25H,1-2,5-8,12H2,(H2,27,28,31,32)/b17-9-. The van der Waals surface area contributed by atoms with Gasteiger partial charge in [0.15, 0.2) is 5.65 Å². The average Bonchev–Trinajstić information content (AvgIpc) is 3.19. The van der Waals surface area contributed by atoms with Crippen molar-refractivity contribution in [1.82, 2.24) is 35.4 Å². The number of rotatable bonds is 6. The Morgan fingerprint density at radius 2 is 2.03 bits per heavy atom. The molecular formula is C22H24N8O2S. The quantitative estimate of drug-likeness (QED) is 0.324. The van der Waals surface area contributed by atoms with E-state index in [1.165, 1.54) is 4.88 Å². The fourth-order valence-electron chi connectivity index (χ4n) is 4.08. The van der Waals surface area contributed by atoms with Crippen molar-refractivity contribution < 1.29 is 9.59 Å². The third kappa shape index (κ3) is 4.22. The van der Waals surface area contributed by atoms with Gasteiger partial charge in [0.05, 0.1) is 16.8 Å². The molecule has 3 aromatic rings. The number of thiophene rings is 1. The summed E-state index contributed by atoms with van der Waals surface area (Å²) in [6, 6.07) is 6.27. The van der Waals surface area contributed by atoms with Crippen LogP contribution in [0.3, 0.4) is 0 Å². The van der Waals surface area contributed by atoms with Gasteiger partial charge in [0, 0.05) is 55.3 Å². The SMILES string of the molecule is O=C1NC(=O)/C(=C/c2cnn3c(NC4CC4)cc(-c4ccc(CN5CCNCC5)s4)nc23)N1. The van der Waals surface area contributed by atoms with Crippen molar-refractivity contribution in [3.05, 3.63) is 40.5 Å². The van der Waals surface area contributed by atoms with Crippen LogP contribution in [-0.4, -0.2) is 63.7 Å². The third-order valence-electron chi connectivity index (χ3n) is 5.95. The molecule has 10 nitrogen and oxygen atoms in total. The highest BCUT2D eigenvalue weighted by Gasteiger charge is 2.25. The summed E-state index contributed by atoms with van der Waals surface area (Å²) >= 11 is 1.75. The van der Waals surface area contributed by atoms with Crippen molar-refractivity contribution in [3.63, 3.8) is 0 Å². The van der Waals surface area contributed by atoms with Gasteiger partial charge in [-0.15, -0.1) is 11.3 Å². The summed E-state index contributed by atoms with van der Waals surface area (Å²) in [6.07, 6.45) is 5.55. The van der Waals surface area contributed by atoms with Gasteiger partial charge in [-0.3, -0.25) is 15.0 Å². The fourth-order valence-corrected chi connectivity index (χ4v) is 5.09. The van der Waals surface area contributed by atoms with Crippen molar-refractivity contribution >= 4 is 40.8 Å². The van der Waals surface area contributed by atoms with Crippen LogP contribution in [0.25, 0.3) is 22.3 Å². The molecule has 1 aliphatic carbocycles. The maximum atomic E-state index is 12.0. The lowest BCUT2D eigenvalue weighted by Crippen LogP contribution is -2.42. The van der Waals surface area contributed by atoms with Crippen LogP contribution in [0.2, 0.25) is 0 Å². The zero-order valence-corrected chi connectivity index (χ0v) is 18.7. The molecule has 0 unspecified atom stereocenters. The molecule has 0 spiro atoms. The number of hydrogen-bond donors (Lipinski definition) is 4. The van der Waals surface area contributed by atoms with Gasteiger partial charge in [0.2, 0.25) is 0 Å². The number of fused-ring (bicyclic) bond motifs is 1. The zero-order chi connectivity index (χ0) is 22.4. The first-order valence-electron chi connectivity index (χ1n) is 11.1. The van der Waals surface area contributed by atoms with Gasteiger partial charge in [0.1, 0.15) is 11.5 Å². The molecule has 0 atom stereocenters. The van der Waals surface area contributed by atoms with Gasteiger partial charge in [-0.1, -0.05) is 0 Å². The van der Waals surface area contributed by atoms with E-state index in [4.69, 9.17) is 4.98 Å². The van der Waals surface area contributed by atoms with Gasteiger partial charge in [-0.2, -0.15) is 9.61 Å². The Labute approximate surface area is 194 Å². The van der Waals surface area contributed by atoms with Crippen LogP contribution in [0.4, 0.5) is 10.6 Å². The van der Waals surface area contributed by atoms with Gasteiger partial charge in [0.25, 0.3) is 5.91 Å². The number of nitrogens with zero attached hydrogens (tertiary/aromatic N) is 4. The van der Waals surface area contributed by atoms with Crippen molar-refractivity contribution in [1.29, 1.82) is 0 Å². The molecule has 3 fully saturated rings. The van der Waals surface area contributed by atoms with E-state index in [2.05, 4.69) is 43.4 Å². The van der Waals surface area contributed by atoms with Gasteiger partial charge in [-0.25, -0.2) is 9.78 Å². The highest BCUT2D eigenvalue weighted by Crippen LogP contribution is 2.32. The van der Waals surface area contributed by atoms with Gasteiger partial charge in [-0.05, 0) is 31.1 Å². The van der Waals surface area contributed by atoms with E-state index >= 15 is 0 Å². The van der Waals surface area contributed by atoms with E-state index in [0.717, 1.165) is 62.0 Å². The number of urea groups is 1. The van der Waals surface area contributed by atoms with Crippen LogP contribution in [-0.2, 0) is 11.3 Å². The normalized spacial score (nSPS) is 20.4. The summed E-state index contributed by atoms with van der Waals surface area (Å²) in [5.74, 6) is 0.418. The van der Waals surface area contributed by atoms with Crippen LogP contribution in [0.1, 0.15) is 23.3 Å². The van der Waals surface area contributed by atoms with Crippen LogP contribution in [0.15, 0.2) is 30.1 Å².